The zero-order valence-electron chi connectivity index (χ0n) is 32.2. The number of ketones is 2. The van der Waals surface area contributed by atoms with Crippen LogP contribution in [0.25, 0.3) is 11.0 Å². The number of aromatic hydroxyl groups is 1. The van der Waals surface area contributed by atoms with Gasteiger partial charge in [-0.05, 0) is 106 Å². The third-order valence-corrected chi connectivity index (χ3v) is 11.9. The smallest absolute Gasteiger partial charge is 0.202 e. The van der Waals surface area contributed by atoms with E-state index < -0.39 is 70.5 Å². The largest absolute Gasteiger partial charge is 0.507 e. The molecule has 286 valence electrons. The number of aliphatic hydroxyl groups is 3. The molecule has 12 heteroatoms. The fraction of sp³-hybridized carbons (Fsp3) is 0.537. The molecule has 0 spiro atoms. The Labute approximate surface area is 309 Å². The average molecular weight is 733 g/mol. The molecule has 2 aliphatic heterocycles. The Morgan fingerprint density at radius 2 is 1.60 bits per heavy atom. The van der Waals surface area contributed by atoms with Crippen LogP contribution in [0.1, 0.15) is 120 Å². The molecule has 3 aliphatic rings. The van der Waals surface area contributed by atoms with E-state index in [1.807, 2.05) is 44.9 Å². The van der Waals surface area contributed by atoms with Crippen molar-refractivity contribution in [1.82, 2.24) is 9.80 Å². The molecule has 0 amide bonds. The van der Waals surface area contributed by atoms with Gasteiger partial charge in [0.2, 0.25) is 5.78 Å². The number of phenols is 1. The molecule has 0 saturated carbocycles. The first-order valence-corrected chi connectivity index (χ1v) is 18.2. The van der Waals surface area contributed by atoms with Gasteiger partial charge in [0.05, 0.1) is 53.1 Å². The zero-order chi connectivity index (χ0) is 39.1. The number of hydrogen-bond donors (Lipinski definition) is 4. The van der Waals surface area contributed by atoms with Gasteiger partial charge in [0.1, 0.15) is 22.7 Å². The summed E-state index contributed by atoms with van der Waals surface area (Å²) >= 11 is 0. The molecule has 12 nitrogen and oxygen atoms in total. The van der Waals surface area contributed by atoms with Gasteiger partial charge >= 0.3 is 0 Å². The van der Waals surface area contributed by atoms with Gasteiger partial charge < -0.3 is 44.1 Å². The second kappa shape index (κ2) is 13.8. The highest BCUT2D eigenvalue weighted by atomic mass is 16.5. The molecule has 0 radical (unpaired) electrons. The summed E-state index contributed by atoms with van der Waals surface area (Å²) in [5.74, 6) is -1.83. The number of hydrogen-bond acceptors (Lipinski definition) is 12. The first kappa shape index (κ1) is 39.0. The van der Waals surface area contributed by atoms with E-state index >= 15 is 4.79 Å². The lowest BCUT2D eigenvalue weighted by Crippen LogP contribution is -2.59. The van der Waals surface area contributed by atoms with Crippen LogP contribution in [0, 0.1) is 6.92 Å². The number of aryl methyl sites for hydroxylation is 1. The summed E-state index contributed by atoms with van der Waals surface area (Å²) in [6.45, 7) is 10.3. The van der Waals surface area contributed by atoms with Crippen molar-refractivity contribution in [1.29, 1.82) is 0 Å². The predicted molar refractivity (Wildman–Crippen MR) is 199 cm³/mol. The van der Waals surface area contributed by atoms with Crippen molar-refractivity contribution >= 4 is 22.5 Å². The second-order valence-corrected chi connectivity index (χ2v) is 16.0. The molecule has 6 rings (SSSR count). The highest BCUT2D eigenvalue weighted by Crippen LogP contribution is 2.49. The molecule has 1 aromatic heterocycles. The topological polar surface area (TPSA) is 170 Å². The maximum atomic E-state index is 15.0. The molecule has 53 heavy (non-hydrogen) atoms. The molecule has 2 aromatic carbocycles. The van der Waals surface area contributed by atoms with E-state index in [9.17, 15) is 30.0 Å². The fourth-order valence-electron chi connectivity index (χ4n) is 8.38. The van der Waals surface area contributed by atoms with Gasteiger partial charge in [-0.1, -0.05) is 12.2 Å². The Morgan fingerprint density at radius 1 is 0.943 bits per heavy atom. The minimum absolute atomic E-state index is 0.00630. The normalized spacial score (nSPS) is 30.3. The summed E-state index contributed by atoms with van der Waals surface area (Å²) in [4.78, 5) is 47.4. The molecule has 2 saturated heterocycles. The fourth-order valence-corrected chi connectivity index (χ4v) is 8.38. The van der Waals surface area contributed by atoms with Crippen LogP contribution < -0.4 is 5.43 Å². The SMILES string of the molecule is C/C=C/CC(C)(O)c1cc(=O)c2c(C)cc3c(c2o1)C(=O)c1c(O)c([C@H]2C[C@](C)(N(C)C)[C@H](O)[C@H](C)O2)cc([C@H]2C[C@H](N(C)C)[C@H](O)[C@@H](C)O2)c1C3=O. The van der Waals surface area contributed by atoms with Crippen molar-refractivity contribution in [2.24, 2.45) is 0 Å². The summed E-state index contributed by atoms with van der Waals surface area (Å²) in [7, 11) is 7.40. The van der Waals surface area contributed by atoms with Crippen LogP contribution in [0.5, 0.6) is 5.75 Å². The summed E-state index contributed by atoms with van der Waals surface area (Å²) in [6.07, 6.45) is -0.462. The number of ether oxygens (including phenoxy) is 2. The number of benzene rings is 2. The summed E-state index contributed by atoms with van der Waals surface area (Å²) in [6, 6.07) is 4.01. The van der Waals surface area contributed by atoms with Crippen LogP contribution in [0.4, 0.5) is 0 Å². The number of phenolic OH excluding ortho intramolecular Hbond substituents is 1. The number of rotatable bonds is 7. The minimum Gasteiger partial charge on any atom is -0.507 e. The zero-order valence-corrected chi connectivity index (χ0v) is 32.2. The van der Waals surface area contributed by atoms with Gasteiger partial charge in [-0.2, -0.15) is 0 Å². The Balaban J connectivity index is 1.64. The van der Waals surface area contributed by atoms with Crippen molar-refractivity contribution in [2.75, 3.05) is 28.2 Å². The minimum atomic E-state index is -1.61. The predicted octanol–water partition coefficient (Wildman–Crippen LogP) is 4.43. The van der Waals surface area contributed by atoms with Crippen LogP contribution in [-0.2, 0) is 15.1 Å². The van der Waals surface area contributed by atoms with Gasteiger partial charge in [-0.15, -0.1) is 0 Å². The van der Waals surface area contributed by atoms with Crippen LogP contribution >= 0.6 is 0 Å². The van der Waals surface area contributed by atoms with Gasteiger partial charge in [0, 0.05) is 40.8 Å². The number of allylic oxidation sites excluding steroid dienone is 1. The molecular formula is C41H52N2O10. The second-order valence-electron chi connectivity index (χ2n) is 16.0. The van der Waals surface area contributed by atoms with Crippen molar-refractivity contribution in [3.05, 3.63) is 85.3 Å². The Kier molecular flexibility index (Phi) is 10.2. The maximum Gasteiger partial charge on any atom is 0.202 e. The first-order valence-electron chi connectivity index (χ1n) is 18.2. The Morgan fingerprint density at radius 3 is 2.23 bits per heavy atom. The highest BCUT2D eigenvalue weighted by molar-refractivity contribution is 6.33. The highest BCUT2D eigenvalue weighted by Gasteiger charge is 2.49. The number of aliphatic hydroxyl groups excluding tert-OH is 2. The van der Waals surface area contributed by atoms with Gasteiger partial charge in [0.15, 0.2) is 11.2 Å². The van der Waals surface area contributed by atoms with E-state index in [0.29, 0.717) is 11.1 Å². The van der Waals surface area contributed by atoms with Gasteiger partial charge in [0.25, 0.3) is 0 Å². The summed E-state index contributed by atoms with van der Waals surface area (Å²) in [5.41, 5.74) is -2.53. The number of carbonyl (C=O) groups is 2. The molecule has 1 unspecified atom stereocenters. The van der Waals surface area contributed by atoms with Crippen molar-refractivity contribution < 1.29 is 43.9 Å². The van der Waals surface area contributed by atoms with E-state index in [4.69, 9.17) is 13.9 Å². The third-order valence-electron chi connectivity index (χ3n) is 11.9. The Bertz CT molecular complexity index is 2070. The lowest BCUT2D eigenvalue weighted by molar-refractivity contribution is -0.176. The third kappa shape index (κ3) is 6.27. The molecule has 3 heterocycles. The van der Waals surface area contributed by atoms with Gasteiger partial charge in [-0.25, -0.2) is 0 Å². The molecule has 1 aliphatic carbocycles. The average Bonchev–Trinajstić information content (AvgIpc) is 3.08. The van der Waals surface area contributed by atoms with E-state index in [0.717, 1.165) is 0 Å². The van der Waals surface area contributed by atoms with Crippen LogP contribution in [0.3, 0.4) is 0 Å². The van der Waals surface area contributed by atoms with Crippen LogP contribution in [-0.4, -0.2) is 106 Å². The van der Waals surface area contributed by atoms with Crippen LogP contribution in [0.15, 0.2) is 39.6 Å². The molecule has 9 atom stereocenters. The van der Waals surface area contributed by atoms with Crippen molar-refractivity contribution in [3.8, 4) is 5.75 Å². The summed E-state index contributed by atoms with van der Waals surface area (Å²) < 4.78 is 19.0. The number of carbonyl (C=O) groups excluding carboxylic acids is 2. The van der Waals surface area contributed by atoms with Crippen molar-refractivity contribution in [3.63, 3.8) is 0 Å². The number of fused-ring (bicyclic) bond motifs is 4. The summed E-state index contributed by atoms with van der Waals surface area (Å²) in [5, 5.41) is 45.9. The number of nitrogens with zero attached hydrogens (tertiary/aromatic N) is 2. The first-order chi connectivity index (χ1) is 24.7. The molecule has 0 bridgehead atoms. The van der Waals surface area contributed by atoms with Crippen LogP contribution in [0.2, 0.25) is 0 Å². The standard InChI is InChI=1S/C41H52N2O10/c1-11-12-13-41(6,50)29-17-26(44)30-19(2)14-24-32(38(30)53-29)37(48)33-31(36(24)47)22(27-16-25(42(7)8)34(45)20(3)51-27)15-23(35(33)46)28-18-40(5,43(9)10)39(49)21(4)52-28/h11-12,14-15,17,20-21,25,27-28,34,39,45-46,49-50H,13,16,18H2,1-10H3/b12-11+/t20-,21+,25+,27-,28-,34-,39-,40+,41?/m1/s1. The molecule has 3 aromatic rings. The molecule has 4 N–H and O–H groups in total. The van der Waals surface area contributed by atoms with E-state index in [1.165, 1.54) is 19.1 Å². The monoisotopic (exact) mass is 732 g/mol. The van der Waals surface area contributed by atoms with E-state index in [1.54, 1.807) is 45.9 Å². The molecule has 2 fully saturated rings. The lowest BCUT2D eigenvalue weighted by atomic mass is 9.74. The molecular weight excluding hydrogens is 680 g/mol. The van der Waals surface area contributed by atoms with E-state index in [2.05, 4.69) is 0 Å². The Hall–Kier alpha value is -3.75. The van der Waals surface area contributed by atoms with Crippen molar-refractivity contribution in [2.45, 2.75) is 115 Å². The van der Waals surface area contributed by atoms with Gasteiger partial charge in [-0.3, -0.25) is 14.4 Å². The number of likely N-dealkylation sites (N-methyl/N-ethyl adjacent to an activating group) is 2. The lowest BCUT2D eigenvalue weighted by Gasteiger charge is -2.49. The maximum absolute atomic E-state index is 15.0. The van der Waals surface area contributed by atoms with E-state index in [-0.39, 0.29) is 69.9 Å². The quantitative estimate of drug-likeness (QED) is 0.198.